The minimum Gasteiger partial charge on any atom is -0.326 e. The van der Waals surface area contributed by atoms with E-state index in [1.165, 1.54) is 17.7 Å². The Kier molecular flexibility index (Phi) is 3.29. The summed E-state index contributed by atoms with van der Waals surface area (Å²) in [4.78, 5) is 1.47. The first-order valence-electron chi connectivity index (χ1n) is 4.39. The van der Waals surface area contributed by atoms with Crippen LogP contribution < -0.4 is 5.73 Å². The molecule has 0 saturated heterocycles. The Morgan fingerprint density at radius 2 is 2.25 bits per heavy atom. The molecule has 0 saturated carbocycles. The molecule has 0 aliphatic rings. The molecule has 2 heteroatoms. The van der Waals surface area contributed by atoms with E-state index in [4.69, 9.17) is 5.73 Å². The molecule has 1 heterocycles. The van der Waals surface area contributed by atoms with Crippen LogP contribution in [0.5, 0.6) is 0 Å². The third-order valence-corrected chi connectivity index (χ3v) is 2.76. The third-order valence-electron chi connectivity index (χ3n) is 1.82. The average Bonchev–Trinajstić information content (AvgIpc) is 2.36. The van der Waals surface area contributed by atoms with Crippen molar-refractivity contribution in [1.29, 1.82) is 0 Å². The lowest BCUT2D eigenvalue weighted by Crippen LogP contribution is -2.31. The first-order valence-corrected chi connectivity index (χ1v) is 5.27. The minimum absolute atomic E-state index is 0.00272. The lowest BCUT2D eigenvalue weighted by atomic mass is 9.99. The normalized spacial score (nSPS) is 11.9. The van der Waals surface area contributed by atoms with Crippen molar-refractivity contribution in [3.63, 3.8) is 0 Å². The van der Waals surface area contributed by atoms with Crippen molar-refractivity contribution < 1.29 is 0 Å². The van der Waals surface area contributed by atoms with Crippen LogP contribution in [0.1, 0.15) is 31.6 Å². The number of aryl methyl sites for hydroxylation is 1. The Labute approximate surface area is 78.6 Å². The van der Waals surface area contributed by atoms with E-state index in [0.717, 1.165) is 6.42 Å². The molecule has 0 aliphatic heterocycles. The van der Waals surface area contributed by atoms with Crippen LogP contribution in [0.2, 0.25) is 0 Å². The fraction of sp³-hybridized carbons (Fsp3) is 0.600. The van der Waals surface area contributed by atoms with Gasteiger partial charge in [0.1, 0.15) is 0 Å². The second-order valence-corrected chi connectivity index (χ2v) is 4.95. The van der Waals surface area contributed by atoms with Crippen LogP contribution in [0.15, 0.2) is 17.5 Å². The Morgan fingerprint density at radius 1 is 1.50 bits per heavy atom. The van der Waals surface area contributed by atoms with Crippen molar-refractivity contribution in [1.82, 2.24) is 0 Å². The van der Waals surface area contributed by atoms with Crippen molar-refractivity contribution in [3.8, 4) is 0 Å². The van der Waals surface area contributed by atoms with Crippen LogP contribution >= 0.6 is 11.3 Å². The molecule has 0 radical (unpaired) electrons. The van der Waals surface area contributed by atoms with Crippen molar-refractivity contribution in [2.24, 2.45) is 5.73 Å². The van der Waals surface area contributed by atoms with Crippen LogP contribution in [-0.4, -0.2) is 5.54 Å². The van der Waals surface area contributed by atoms with E-state index < -0.39 is 0 Å². The molecule has 0 unspecified atom stereocenters. The average molecular weight is 183 g/mol. The van der Waals surface area contributed by atoms with Crippen LogP contribution in [0.25, 0.3) is 0 Å². The molecular weight excluding hydrogens is 166 g/mol. The van der Waals surface area contributed by atoms with E-state index in [0.29, 0.717) is 0 Å². The number of rotatable bonds is 4. The summed E-state index contributed by atoms with van der Waals surface area (Å²) in [5, 5.41) is 2.13. The van der Waals surface area contributed by atoms with Gasteiger partial charge in [-0.15, -0.1) is 11.3 Å². The van der Waals surface area contributed by atoms with E-state index in [-0.39, 0.29) is 5.54 Å². The van der Waals surface area contributed by atoms with Crippen molar-refractivity contribution in [2.75, 3.05) is 0 Å². The predicted molar refractivity (Wildman–Crippen MR) is 55.5 cm³/mol. The minimum atomic E-state index is -0.00272. The molecule has 0 amide bonds. The van der Waals surface area contributed by atoms with Gasteiger partial charge in [0.2, 0.25) is 0 Å². The predicted octanol–water partition coefficient (Wildman–Crippen LogP) is 2.81. The summed E-state index contributed by atoms with van der Waals surface area (Å²) in [6, 6.07) is 4.29. The van der Waals surface area contributed by atoms with Gasteiger partial charge in [-0.25, -0.2) is 0 Å². The molecule has 0 fully saturated rings. The summed E-state index contributed by atoms with van der Waals surface area (Å²) < 4.78 is 0. The first-order chi connectivity index (χ1) is 5.58. The summed E-state index contributed by atoms with van der Waals surface area (Å²) in [6.07, 6.45) is 3.48. The van der Waals surface area contributed by atoms with Gasteiger partial charge >= 0.3 is 0 Å². The van der Waals surface area contributed by atoms with Gasteiger partial charge in [-0.2, -0.15) is 0 Å². The maximum Gasteiger partial charge on any atom is 0.00971 e. The third kappa shape index (κ3) is 3.88. The lowest BCUT2D eigenvalue weighted by molar-refractivity contribution is 0.460. The fourth-order valence-electron chi connectivity index (χ4n) is 1.17. The number of thiophene rings is 1. The van der Waals surface area contributed by atoms with Crippen molar-refractivity contribution >= 4 is 11.3 Å². The fourth-order valence-corrected chi connectivity index (χ4v) is 1.92. The van der Waals surface area contributed by atoms with E-state index in [1.807, 2.05) is 11.3 Å². The molecule has 1 rings (SSSR count). The van der Waals surface area contributed by atoms with Gasteiger partial charge in [0.25, 0.3) is 0 Å². The van der Waals surface area contributed by atoms with E-state index in [1.54, 1.807) is 0 Å². The summed E-state index contributed by atoms with van der Waals surface area (Å²) in [5.41, 5.74) is 5.88. The zero-order valence-electron chi connectivity index (χ0n) is 7.84. The molecule has 0 spiro atoms. The Balaban J connectivity index is 2.20. The van der Waals surface area contributed by atoms with E-state index >= 15 is 0 Å². The molecule has 0 aliphatic carbocycles. The maximum absolute atomic E-state index is 5.88. The maximum atomic E-state index is 5.88. The highest BCUT2D eigenvalue weighted by molar-refractivity contribution is 7.09. The van der Waals surface area contributed by atoms with E-state index in [2.05, 4.69) is 31.4 Å². The zero-order valence-corrected chi connectivity index (χ0v) is 8.66. The second kappa shape index (κ2) is 4.06. The SMILES string of the molecule is CC(C)(N)CCCc1cccs1. The monoisotopic (exact) mass is 183 g/mol. The molecule has 0 atom stereocenters. The number of hydrogen-bond acceptors (Lipinski definition) is 2. The number of hydrogen-bond donors (Lipinski definition) is 1. The summed E-state index contributed by atoms with van der Waals surface area (Å²) in [7, 11) is 0. The highest BCUT2D eigenvalue weighted by Gasteiger charge is 2.09. The smallest absolute Gasteiger partial charge is 0.00971 e. The molecule has 68 valence electrons. The zero-order chi connectivity index (χ0) is 9.03. The summed E-state index contributed by atoms with van der Waals surface area (Å²) >= 11 is 1.83. The highest BCUT2D eigenvalue weighted by atomic mass is 32.1. The quantitative estimate of drug-likeness (QED) is 0.763. The van der Waals surface area contributed by atoms with Crippen LogP contribution in [0.4, 0.5) is 0 Å². The summed E-state index contributed by atoms with van der Waals surface area (Å²) in [6.45, 7) is 4.17. The Hall–Kier alpha value is -0.340. The van der Waals surface area contributed by atoms with Crippen molar-refractivity contribution in [2.45, 2.75) is 38.6 Å². The van der Waals surface area contributed by atoms with Crippen LogP contribution in [0.3, 0.4) is 0 Å². The molecular formula is C10H17NS. The number of nitrogens with two attached hydrogens (primary N) is 1. The Morgan fingerprint density at radius 3 is 2.75 bits per heavy atom. The molecule has 1 nitrogen and oxygen atoms in total. The topological polar surface area (TPSA) is 26.0 Å². The van der Waals surface area contributed by atoms with Gasteiger partial charge in [-0.1, -0.05) is 6.07 Å². The summed E-state index contributed by atoms with van der Waals surface area (Å²) in [5.74, 6) is 0. The van der Waals surface area contributed by atoms with Gasteiger partial charge in [0.05, 0.1) is 0 Å². The van der Waals surface area contributed by atoms with Crippen molar-refractivity contribution in [3.05, 3.63) is 22.4 Å². The van der Waals surface area contributed by atoms with Crippen LogP contribution in [-0.2, 0) is 6.42 Å². The highest BCUT2D eigenvalue weighted by Crippen LogP contribution is 2.15. The van der Waals surface area contributed by atoms with Gasteiger partial charge in [-0.3, -0.25) is 0 Å². The molecule has 2 N–H and O–H groups in total. The van der Waals surface area contributed by atoms with Gasteiger partial charge in [-0.05, 0) is 44.6 Å². The largest absolute Gasteiger partial charge is 0.326 e. The lowest BCUT2D eigenvalue weighted by Gasteiger charge is -2.17. The van der Waals surface area contributed by atoms with Gasteiger partial charge in [0, 0.05) is 10.4 Å². The van der Waals surface area contributed by atoms with Gasteiger partial charge in [0.15, 0.2) is 0 Å². The Bertz CT molecular complexity index is 208. The second-order valence-electron chi connectivity index (χ2n) is 3.92. The molecule has 0 bridgehead atoms. The molecule has 0 aromatic carbocycles. The molecule has 1 aromatic heterocycles. The standard InChI is InChI=1S/C10H17NS/c1-10(2,11)7-3-5-9-6-4-8-12-9/h4,6,8H,3,5,7,11H2,1-2H3. The van der Waals surface area contributed by atoms with Gasteiger partial charge < -0.3 is 5.73 Å². The first kappa shape index (κ1) is 9.75. The molecule has 1 aromatic rings. The van der Waals surface area contributed by atoms with E-state index in [9.17, 15) is 0 Å². The molecule has 12 heavy (non-hydrogen) atoms. The van der Waals surface area contributed by atoms with Crippen LogP contribution in [0, 0.1) is 0 Å².